The van der Waals surface area contributed by atoms with Crippen molar-refractivity contribution in [1.82, 2.24) is 4.98 Å². The second-order valence-electron chi connectivity index (χ2n) is 5.32. The second-order valence-corrected chi connectivity index (χ2v) is 5.32. The average molecular weight is 263 g/mol. The molecule has 106 valence electrons. The zero-order valence-electron chi connectivity index (χ0n) is 12.0. The van der Waals surface area contributed by atoms with E-state index in [1.165, 1.54) is 6.42 Å². The lowest BCUT2D eigenvalue weighted by molar-refractivity contribution is 0.0439. The molecule has 4 nitrogen and oxygen atoms in total. The minimum atomic E-state index is 0.0449. The van der Waals surface area contributed by atoms with Crippen molar-refractivity contribution in [3.05, 3.63) is 23.9 Å². The summed E-state index contributed by atoms with van der Waals surface area (Å²) in [5.41, 5.74) is 6.93. The number of hydrogen-bond acceptors (Lipinski definition) is 4. The van der Waals surface area contributed by atoms with E-state index in [0.29, 0.717) is 6.10 Å². The highest BCUT2D eigenvalue weighted by molar-refractivity contribution is 5.40. The van der Waals surface area contributed by atoms with E-state index in [1.54, 1.807) is 0 Å². The van der Waals surface area contributed by atoms with Crippen LogP contribution in [0.5, 0.6) is 0 Å². The fraction of sp³-hybridized carbons (Fsp3) is 0.667. The summed E-state index contributed by atoms with van der Waals surface area (Å²) in [5, 5.41) is 0. The molecule has 2 rings (SSSR count). The van der Waals surface area contributed by atoms with Gasteiger partial charge in [-0.25, -0.2) is 4.98 Å². The maximum Gasteiger partial charge on any atom is 0.128 e. The Bertz CT molecular complexity index is 377. The Labute approximate surface area is 116 Å². The molecule has 2 unspecified atom stereocenters. The molecule has 0 radical (unpaired) electrons. The molecule has 1 aromatic rings. The van der Waals surface area contributed by atoms with Gasteiger partial charge in [0, 0.05) is 31.9 Å². The number of pyridine rings is 1. The van der Waals surface area contributed by atoms with Gasteiger partial charge in [-0.2, -0.15) is 0 Å². The van der Waals surface area contributed by atoms with Crippen molar-refractivity contribution in [2.75, 3.05) is 24.6 Å². The van der Waals surface area contributed by atoms with Gasteiger partial charge in [0.1, 0.15) is 5.82 Å². The third-order valence-corrected chi connectivity index (χ3v) is 3.56. The van der Waals surface area contributed by atoms with Crippen LogP contribution in [0.1, 0.15) is 44.7 Å². The zero-order valence-corrected chi connectivity index (χ0v) is 12.0. The number of nitrogens with zero attached hydrogens (tertiary/aromatic N) is 2. The molecule has 2 atom stereocenters. The summed E-state index contributed by atoms with van der Waals surface area (Å²) < 4.78 is 5.86. The van der Waals surface area contributed by atoms with Gasteiger partial charge in [-0.05, 0) is 37.8 Å². The third kappa shape index (κ3) is 3.91. The summed E-state index contributed by atoms with van der Waals surface area (Å²) in [6, 6.07) is 4.19. The molecule has 1 aliphatic heterocycles. The lowest BCUT2D eigenvalue weighted by Crippen LogP contribution is -2.40. The molecular formula is C15H25N3O. The molecule has 0 amide bonds. The third-order valence-electron chi connectivity index (χ3n) is 3.56. The van der Waals surface area contributed by atoms with Crippen molar-refractivity contribution < 1.29 is 4.74 Å². The number of rotatable bonds is 5. The van der Waals surface area contributed by atoms with Gasteiger partial charge in [-0.15, -0.1) is 0 Å². The van der Waals surface area contributed by atoms with Gasteiger partial charge in [0.2, 0.25) is 0 Å². The quantitative estimate of drug-likeness (QED) is 0.887. The predicted octanol–water partition coefficient (Wildman–Crippen LogP) is 2.50. The molecular weight excluding hydrogens is 238 g/mol. The Morgan fingerprint density at radius 1 is 1.53 bits per heavy atom. The summed E-state index contributed by atoms with van der Waals surface area (Å²) in [6.07, 6.45) is 5.65. The smallest absolute Gasteiger partial charge is 0.128 e. The van der Waals surface area contributed by atoms with E-state index >= 15 is 0 Å². The number of ether oxygens (including phenoxy) is 1. The summed E-state index contributed by atoms with van der Waals surface area (Å²) in [5.74, 6) is 1.04. The minimum absolute atomic E-state index is 0.0449. The Morgan fingerprint density at radius 3 is 3.00 bits per heavy atom. The van der Waals surface area contributed by atoms with Gasteiger partial charge in [0.25, 0.3) is 0 Å². The maximum absolute atomic E-state index is 5.86. The first-order valence-electron chi connectivity index (χ1n) is 7.28. The molecule has 1 aromatic heterocycles. The number of aromatic nitrogens is 1. The topological polar surface area (TPSA) is 51.4 Å². The van der Waals surface area contributed by atoms with E-state index in [1.807, 2.05) is 13.1 Å². The van der Waals surface area contributed by atoms with Crippen molar-refractivity contribution in [3.8, 4) is 0 Å². The number of anilines is 1. The van der Waals surface area contributed by atoms with Gasteiger partial charge < -0.3 is 15.4 Å². The van der Waals surface area contributed by atoms with E-state index in [9.17, 15) is 0 Å². The first-order chi connectivity index (χ1) is 9.20. The van der Waals surface area contributed by atoms with Crippen molar-refractivity contribution in [3.63, 3.8) is 0 Å². The molecule has 2 N–H and O–H groups in total. The van der Waals surface area contributed by atoms with Crippen LogP contribution < -0.4 is 10.6 Å². The van der Waals surface area contributed by atoms with Crippen LogP contribution in [0.3, 0.4) is 0 Å². The van der Waals surface area contributed by atoms with E-state index in [0.717, 1.165) is 43.9 Å². The van der Waals surface area contributed by atoms with E-state index in [-0.39, 0.29) is 6.04 Å². The summed E-state index contributed by atoms with van der Waals surface area (Å²) >= 11 is 0. The van der Waals surface area contributed by atoms with Gasteiger partial charge in [0.15, 0.2) is 0 Å². The van der Waals surface area contributed by atoms with Crippen LogP contribution in [0.2, 0.25) is 0 Å². The van der Waals surface area contributed by atoms with Crippen molar-refractivity contribution in [2.24, 2.45) is 5.73 Å². The Morgan fingerprint density at radius 2 is 2.37 bits per heavy atom. The van der Waals surface area contributed by atoms with Gasteiger partial charge in [0.05, 0.1) is 6.10 Å². The zero-order chi connectivity index (χ0) is 13.7. The lowest BCUT2D eigenvalue weighted by atomic mass is 10.1. The van der Waals surface area contributed by atoms with Crippen LogP contribution in [-0.2, 0) is 4.74 Å². The molecule has 2 heterocycles. The van der Waals surface area contributed by atoms with Crippen LogP contribution >= 0.6 is 0 Å². The normalized spacial score (nSPS) is 21.4. The Balaban J connectivity index is 1.96. The number of piperidine rings is 1. The number of hydrogen-bond donors (Lipinski definition) is 1. The molecule has 4 heteroatoms. The van der Waals surface area contributed by atoms with E-state index in [2.05, 4.69) is 28.9 Å². The van der Waals surface area contributed by atoms with Crippen LogP contribution in [-0.4, -0.2) is 30.8 Å². The van der Waals surface area contributed by atoms with Crippen molar-refractivity contribution >= 4 is 5.82 Å². The molecule has 1 aliphatic rings. The molecule has 0 aliphatic carbocycles. The first kappa shape index (κ1) is 14.3. The summed E-state index contributed by atoms with van der Waals surface area (Å²) in [6.45, 7) is 7.00. The summed E-state index contributed by atoms with van der Waals surface area (Å²) in [7, 11) is 0. The Kier molecular flexibility index (Phi) is 5.16. The molecule has 0 bridgehead atoms. The highest BCUT2D eigenvalue weighted by Gasteiger charge is 2.21. The molecule has 0 aromatic carbocycles. The van der Waals surface area contributed by atoms with E-state index in [4.69, 9.17) is 10.5 Å². The highest BCUT2D eigenvalue weighted by atomic mass is 16.5. The van der Waals surface area contributed by atoms with Gasteiger partial charge >= 0.3 is 0 Å². The molecule has 1 saturated heterocycles. The Hall–Kier alpha value is -1.13. The van der Waals surface area contributed by atoms with Crippen LogP contribution in [0.15, 0.2) is 18.3 Å². The fourth-order valence-electron chi connectivity index (χ4n) is 2.42. The predicted molar refractivity (Wildman–Crippen MR) is 78.3 cm³/mol. The first-order valence-corrected chi connectivity index (χ1v) is 7.28. The standard InChI is InChI=1S/C15H25N3O/c1-3-9-19-14-5-4-8-18(11-14)15-7-6-13(10-17-15)12(2)16/h6-7,10,12,14H,3-5,8-9,11,16H2,1-2H3. The van der Waals surface area contributed by atoms with E-state index < -0.39 is 0 Å². The lowest BCUT2D eigenvalue weighted by Gasteiger charge is -2.33. The largest absolute Gasteiger partial charge is 0.376 e. The molecule has 1 fully saturated rings. The van der Waals surface area contributed by atoms with Crippen molar-refractivity contribution in [1.29, 1.82) is 0 Å². The monoisotopic (exact) mass is 263 g/mol. The molecule has 0 saturated carbocycles. The van der Waals surface area contributed by atoms with Gasteiger partial charge in [-0.1, -0.05) is 13.0 Å². The van der Waals surface area contributed by atoms with Crippen LogP contribution in [0.25, 0.3) is 0 Å². The average Bonchev–Trinajstić information content (AvgIpc) is 2.45. The summed E-state index contributed by atoms with van der Waals surface area (Å²) in [4.78, 5) is 6.84. The second kappa shape index (κ2) is 6.87. The fourth-order valence-corrected chi connectivity index (χ4v) is 2.42. The maximum atomic E-state index is 5.86. The van der Waals surface area contributed by atoms with Gasteiger partial charge in [-0.3, -0.25) is 0 Å². The number of nitrogens with two attached hydrogens (primary N) is 1. The highest BCUT2D eigenvalue weighted by Crippen LogP contribution is 2.20. The van der Waals surface area contributed by atoms with Crippen LogP contribution in [0.4, 0.5) is 5.82 Å². The van der Waals surface area contributed by atoms with Crippen molar-refractivity contribution in [2.45, 2.75) is 45.3 Å². The minimum Gasteiger partial charge on any atom is -0.376 e. The molecule has 0 spiro atoms. The van der Waals surface area contributed by atoms with Crippen LogP contribution in [0, 0.1) is 0 Å². The molecule has 19 heavy (non-hydrogen) atoms. The SMILES string of the molecule is CCCOC1CCCN(c2ccc(C(C)N)cn2)C1.